The van der Waals surface area contributed by atoms with Crippen molar-refractivity contribution in [2.75, 3.05) is 43.5 Å². The van der Waals surface area contributed by atoms with E-state index in [1.54, 1.807) is 18.0 Å². The Morgan fingerprint density at radius 1 is 1.48 bits per heavy atom. The van der Waals surface area contributed by atoms with E-state index in [4.69, 9.17) is 0 Å². The number of aromatic nitrogens is 2. The molecule has 1 atom stereocenters. The van der Waals surface area contributed by atoms with E-state index in [2.05, 4.69) is 32.3 Å². The van der Waals surface area contributed by atoms with Crippen LogP contribution < -0.4 is 15.5 Å². The minimum atomic E-state index is -4.50. The maximum atomic E-state index is 13.1. The average molecular weight is 412 g/mol. The number of piperidine rings is 1. The Morgan fingerprint density at radius 2 is 2.24 bits per heavy atom. The number of nitrogens with zero attached hydrogens (tertiary/aromatic N) is 4. The van der Waals surface area contributed by atoms with Crippen LogP contribution in [0.5, 0.6) is 0 Å². The number of halogens is 3. The van der Waals surface area contributed by atoms with Gasteiger partial charge in [-0.25, -0.2) is 9.98 Å². The zero-order chi connectivity index (χ0) is 21.4. The molecule has 29 heavy (non-hydrogen) atoms. The Hall–Kier alpha value is -2.46. The Morgan fingerprint density at radius 3 is 2.79 bits per heavy atom. The third-order valence-corrected chi connectivity index (χ3v) is 4.58. The fourth-order valence-corrected chi connectivity index (χ4v) is 2.98. The maximum absolute atomic E-state index is 13.1. The third kappa shape index (κ3) is 6.53. The van der Waals surface area contributed by atoms with Gasteiger partial charge in [0.2, 0.25) is 5.95 Å². The lowest BCUT2D eigenvalue weighted by atomic mass is 9.96. The number of likely N-dealkylation sites (N-methyl/N-ethyl adjacent to an activating group) is 1. The maximum Gasteiger partial charge on any atom is 0.416 e. The number of aliphatic hydroxyl groups is 1. The first-order valence-corrected chi connectivity index (χ1v) is 9.39. The molecule has 2 heterocycles. The van der Waals surface area contributed by atoms with Crippen LogP contribution in [0.4, 0.5) is 24.9 Å². The predicted molar refractivity (Wildman–Crippen MR) is 108 cm³/mol. The summed E-state index contributed by atoms with van der Waals surface area (Å²) in [6.07, 6.45) is -0.690. The number of alkyl halides is 3. The molecule has 0 amide bonds. The van der Waals surface area contributed by atoms with Gasteiger partial charge in [-0.2, -0.15) is 18.2 Å². The van der Waals surface area contributed by atoms with Crippen LogP contribution in [0, 0.1) is 0 Å². The number of rotatable bonds is 8. The van der Waals surface area contributed by atoms with Crippen molar-refractivity contribution in [1.29, 1.82) is 0 Å². The number of hydrogen-bond donors (Lipinski definition) is 3. The van der Waals surface area contributed by atoms with Crippen LogP contribution in [0.25, 0.3) is 0 Å². The third-order valence-electron chi connectivity index (χ3n) is 4.58. The molecule has 2 rings (SSSR count). The summed E-state index contributed by atoms with van der Waals surface area (Å²) in [6.45, 7) is 6.62. The lowest BCUT2D eigenvalue weighted by Crippen LogP contribution is -2.30. The van der Waals surface area contributed by atoms with E-state index in [1.165, 1.54) is 6.92 Å². The van der Waals surface area contributed by atoms with Crippen LogP contribution in [0.15, 0.2) is 34.6 Å². The van der Waals surface area contributed by atoms with Crippen LogP contribution in [0.2, 0.25) is 0 Å². The number of aliphatic hydroxyl groups excluding tert-OH is 1. The monoisotopic (exact) mass is 412 g/mol. The number of nitrogens with one attached hydrogen (secondary N) is 2. The zero-order valence-electron chi connectivity index (χ0n) is 16.6. The van der Waals surface area contributed by atoms with Crippen molar-refractivity contribution in [3.63, 3.8) is 0 Å². The standard InChI is InChI=1S/C19H27F3N6O/c1-4-14(19(20,21)22)10-16(23-2)26-17-11-15(13-6-5-7-24-12-13)25-18(27-17)28(3)8-9-29/h4,10-11,13,24,29H,2,5-9,12H2,1,3H3,(H,25,26,27)/b14-4+,16-10+. The SMILES string of the molecule is C=N/C(=C\C(=C/C)C(F)(F)F)Nc1cc(C2CCCNC2)nc(N(C)CCO)n1. The van der Waals surface area contributed by atoms with Gasteiger partial charge in [-0.3, -0.25) is 0 Å². The fraction of sp³-hybridized carbons (Fsp3) is 0.526. The molecule has 1 saturated heterocycles. The Balaban J connectivity index is 2.38. The van der Waals surface area contributed by atoms with Crippen LogP contribution in [-0.4, -0.2) is 61.3 Å². The highest BCUT2D eigenvalue weighted by molar-refractivity contribution is 5.50. The molecular weight excluding hydrogens is 385 g/mol. The molecule has 1 aliphatic heterocycles. The van der Waals surface area contributed by atoms with Crippen molar-refractivity contribution in [3.8, 4) is 0 Å². The van der Waals surface area contributed by atoms with Crippen LogP contribution in [0.3, 0.4) is 0 Å². The first-order chi connectivity index (χ1) is 13.8. The van der Waals surface area contributed by atoms with Gasteiger partial charge in [-0.05, 0) is 39.1 Å². The topological polar surface area (TPSA) is 85.7 Å². The second kappa shape index (κ2) is 10.4. The van der Waals surface area contributed by atoms with Crippen LogP contribution in [0.1, 0.15) is 31.4 Å². The molecule has 1 fully saturated rings. The van der Waals surface area contributed by atoms with E-state index in [0.29, 0.717) is 18.3 Å². The van der Waals surface area contributed by atoms with Gasteiger partial charge in [0, 0.05) is 32.1 Å². The number of aliphatic imine (C=N–C) groups is 1. The van der Waals surface area contributed by atoms with Crippen molar-refractivity contribution in [2.24, 2.45) is 4.99 Å². The molecule has 3 N–H and O–H groups in total. The molecule has 1 aromatic heterocycles. The molecule has 0 aliphatic carbocycles. The van der Waals surface area contributed by atoms with E-state index < -0.39 is 11.7 Å². The van der Waals surface area contributed by atoms with Crippen molar-refractivity contribution in [1.82, 2.24) is 15.3 Å². The second-order valence-electron chi connectivity index (χ2n) is 6.72. The summed E-state index contributed by atoms with van der Waals surface area (Å²) in [5.41, 5.74) is -0.0595. The summed E-state index contributed by atoms with van der Waals surface area (Å²) in [7, 11) is 1.74. The molecule has 0 aromatic carbocycles. The highest BCUT2D eigenvalue weighted by Crippen LogP contribution is 2.29. The molecule has 0 radical (unpaired) electrons. The normalized spacial score (nSPS) is 18.5. The van der Waals surface area contributed by atoms with Crippen molar-refractivity contribution >= 4 is 18.5 Å². The summed E-state index contributed by atoms with van der Waals surface area (Å²) < 4.78 is 39.2. The van der Waals surface area contributed by atoms with E-state index in [1.807, 2.05) is 0 Å². The number of allylic oxidation sites excluding steroid dienone is 3. The Bertz CT molecular complexity index is 757. The highest BCUT2D eigenvalue weighted by atomic mass is 19.4. The molecule has 1 aliphatic rings. The molecule has 1 aromatic rings. The molecule has 0 saturated carbocycles. The van der Waals surface area contributed by atoms with Crippen LogP contribution in [-0.2, 0) is 0 Å². The Labute approximate surface area is 168 Å². The van der Waals surface area contributed by atoms with Gasteiger partial charge in [0.05, 0.1) is 17.9 Å². The average Bonchev–Trinajstić information content (AvgIpc) is 2.70. The molecular formula is C19H27F3N6O. The minimum Gasteiger partial charge on any atom is -0.395 e. The van der Waals surface area contributed by atoms with Gasteiger partial charge in [0.1, 0.15) is 11.6 Å². The van der Waals surface area contributed by atoms with Gasteiger partial charge >= 0.3 is 6.18 Å². The summed E-state index contributed by atoms with van der Waals surface area (Å²) in [5, 5.41) is 15.3. The van der Waals surface area contributed by atoms with E-state index >= 15 is 0 Å². The number of anilines is 2. The predicted octanol–water partition coefficient (Wildman–Crippen LogP) is 2.83. The molecule has 160 valence electrons. The van der Waals surface area contributed by atoms with Gasteiger partial charge in [0.15, 0.2) is 0 Å². The van der Waals surface area contributed by atoms with Crippen molar-refractivity contribution < 1.29 is 18.3 Å². The lowest BCUT2D eigenvalue weighted by Gasteiger charge is -2.24. The van der Waals surface area contributed by atoms with Crippen molar-refractivity contribution in [2.45, 2.75) is 31.9 Å². The summed E-state index contributed by atoms with van der Waals surface area (Å²) in [4.78, 5) is 14.3. The lowest BCUT2D eigenvalue weighted by molar-refractivity contribution is -0.0883. The first kappa shape index (κ1) is 22.8. The summed E-state index contributed by atoms with van der Waals surface area (Å²) in [6, 6.07) is 1.72. The minimum absolute atomic E-state index is 0.0717. The quantitative estimate of drug-likeness (QED) is 0.450. The van der Waals surface area contributed by atoms with Crippen LogP contribution >= 0.6 is 0 Å². The van der Waals surface area contributed by atoms with Gasteiger partial charge in [-0.1, -0.05) is 6.08 Å². The zero-order valence-corrected chi connectivity index (χ0v) is 16.6. The summed E-state index contributed by atoms with van der Waals surface area (Å²) in [5.74, 6) is 0.781. The molecule has 0 bridgehead atoms. The first-order valence-electron chi connectivity index (χ1n) is 9.39. The fourth-order valence-electron chi connectivity index (χ4n) is 2.98. The largest absolute Gasteiger partial charge is 0.416 e. The molecule has 10 heteroatoms. The van der Waals surface area contributed by atoms with E-state index in [0.717, 1.165) is 43.8 Å². The summed E-state index contributed by atoms with van der Waals surface area (Å²) >= 11 is 0. The molecule has 0 spiro atoms. The highest BCUT2D eigenvalue weighted by Gasteiger charge is 2.31. The van der Waals surface area contributed by atoms with E-state index in [-0.39, 0.29) is 18.3 Å². The van der Waals surface area contributed by atoms with E-state index in [9.17, 15) is 18.3 Å². The van der Waals surface area contributed by atoms with Gasteiger partial charge in [-0.15, -0.1) is 0 Å². The van der Waals surface area contributed by atoms with Crippen molar-refractivity contribution in [3.05, 3.63) is 35.3 Å². The molecule has 1 unspecified atom stereocenters. The van der Waals surface area contributed by atoms with Gasteiger partial charge < -0.3 is 20.6 Å². The van der Waals surface area contributed by atoms with Gasteiger partial charge in [0.25, 0.3) is 0 Å². The Kier molecular flexibility index (Phi) is 8.15. The number of hydrogen-bond acceptors (Lipinski definition) is 7. The smallest absolute Gasteiger partial charge is 0.395 e. The molecule has 7 nitrogen and oxygen atoms in total. The second-order valence-corrected chi connectivity index (χ2v) is 6.72.